The molecular weight excluding hydrogens is 352 g/mol. The van der Waals surface area contributed by atoms with Crippen LogP contribution in [0.3, 0.4) is 0 Å². The van der Waals surface area contributed by atoms with Crippen LogP contribution in [0.5, 0.6) is 5.75 Å². The van der Waals surface area contributed by atoms with E-state index in [1.807, 2.05) is 13.8 Å². The first-order valence-corrected chi connectivity index (χ1v) is 12.0. The van der Waals surface area contributed by atoms with Gasteiger partial charge in [0, 0.05) is 11.8 Å². The first-order chi connectivity index (χ1) is 14.1. The molecule has 158 valence electrons. The van der Waals surface area contributed by atoms with E-state index in [2.05, 4.69) is 64.1 Å². The van der Waals surface area contributed by atoms with Crippen molar-refractivity contribution in [3.8, 4) is 5.75 Å². The molecule has 0 saturated carbocycles. The predicted molar refractivity (Wildman–Crippen MR) is 127 cm³/mol. The lowest BCUT2D eigenvalue weighted by atomic mass is 9.84. The molecule has 0 saturated heterocycles. The van der Waals surface area contributed by atoms with Gasteiger partial charge in [-0.2, -0.15) is 0 Å². The summed E-state index contributed by atoms with van der Waals surface area (Å²) in [6, 6.07) is 11.2. The van der Waals surface area contributed by atoms with Crippen LogP contribution < -0.4 is 4.74 Å². The van der Waals surface area contributed by atoms with Gasteiger partial charge < -0.3 is 4.74 Å². The second-order valence-corrected chi connectivity index (χ2v) is 8.86. The van der Waals surface area contributed by atoms with Gasteiger partial charge in [0.2, 0.25) is 0 Å². The van der Waals surface area contributed by atoms with Gasteiger partial charge in [-0.15, -0.1) is 0 Å². The summed E-state index contributed by atoms with van der Waals surface area (Å²) in [6.07, 6.45) is 10.0. The summed E-state index contributed by atoms with van der Waals surface area (Å²) in [4.78, 5) is 0. The van der Waals surface area contributed by atoms with Gasteiger partial charge in [-0.3, -0.25) is 0 Å². The smallest absolute Gasteiger partial charge is 0.127 e. The van der Waals surface area contributed by atoms with Crippen molar-refractivity contribution in [3.63, 3.8) is 0 Å². The van der Waals surface area contributed by atoms with Gasteiger partial charge in [-0.05, 0) is 66.0 Å². The van der Waals surface area contributed by atoms with Gasteiger partial charge in [0.25, 0.3) is 0 Å². The van der Waals surface area contributed by atoms with Crippen LogP contribution in [0.25, 0.3) is 10.8 Å². The molecule has 0 aliphatic heterocycles. The molecule has 0 fully saturated rings. The fraction of sp³-hybridized carbons (Fsp3) is 0.571. The van der Waals surface area contributed by atoms with E-state index in [9.17, 15) is 0 Å². The maximum atomic E-state index is 6.71. The zero-order valence-electron chi connectivity index (χ0n) is 19.4. The molecule has 0 amide bonds. The molecule has 0 aromatic heterocycles. The van der Waals surface area contributed by atoms with Crippen LogP contribution in [0.1, 0.15) is 78.4 Å². The Morgan fingerprint density at radius 2 is 1.69 bits per heavy atom. The molecule has 29 heavy (non-hydrogen) atoms. The summed E-state index contributed by atoms with van der Waals surface area (Å²) in [6.45, 7) is 13.3. The highest BCUT2D eigenvalue weighted by atomic mass is 16.5. The Labute approximate surface area is 178 Å². The van der Waals surface area contributed by atoms with Crippen LogP contribution in [-0.4, -0.2) is 6.10 Å². The number of hydrogen-bond donors (Lipinski definition) is 0. The molecule has 2 aliphatic carbocycles. The summed E-state index contributed by atoms with van der Waals surface area (Å²) in [7, 11) is 0. The van der Waals surface area contributed by atoms with E-state index < -0.39 is 0 Å². The summed E-state index contributed by atoms with van der Waals surface area (Å²) in [5, 5.41) is 2.77. The minimum atomic E-state index is 0.249. The Morgan fingerprint density at radius 3 is 2.34 bits per heavy atom. The van der Waals surface area contributed by atoms with E-state index in [4.69, 9.17) is 4.74 Å². The minimum absolute atomic E-state index is 0.249. The van der Waals surface area contributed by atoms with E-state index in [0.29, 0.717) is 5.92 Å². The van der Waals surface area contributed by atoms with E-state index in [1.54, 1.807) is 5.57 Å². The molecule has 2 aromatic rings. The summed E-state index contributed by atoms with van der Waals surface area (Å²) >= 11 is 0. The van der Waals surface area contributed by atoms with Crippen LogP contribution in [0, 0.1) is 17.8 Å². The Morgan fingerprint density at radius 1 is 0.966 bits per heavy atom. The van der Waals surface area contributed by atoms with Crippen LogP contribution >= 0.6 is 0 Å². The topological polar surface area (TPSA) is 9.23 Å². The Balaban J connectivity index is 0.00000117. The maximum absolute atomic E-state index is 6.71. The summed E-state index contributed by atoms with van der Waals surface area (Å²) in [5.74, 6) is 3.18. The SMILES string of the molecule is CC.CCC1CC=C(CC(Oc2ccc3c4c(cccc24)CC3)C(C)C)C1CC. The lowest BCUT2D eigenvalue weighted by Crippen LogP contribution is -2.25. The van der Waals surface area contributed by atoms with Gasteiger partial charge >= 0.3 is 0 Å². The Kier molecular flexibility index (Phi) is 7.44. The third-order valence-corrected chi connectivity index (χ3v) is 6.99. The second kappa shape index (κ2) is 9.83. The highest BCUT2D eigenvalue weighted by Gasteiger charge is 2.30. The standard InChI is InChI=1S/C26H34O.C2H6/c1-5-18-10-13-21(22(18)6-2)16-25(17(3)4)27-24-15-14-20-12-11-19-8-7-9-23(24)26(19)20;1-2/h7-9,13-15,17-18,22,25H,5-6,10-12,16H2,1-4H3;1-2H3. The molecule has 2 aliphatic rings. The van der Waals surface area contributed by atoms with Gasteiger partial charge in [0.15, 0.2) is 0 Å². The Hall–Kier alpha value is -1.76. The lowest BCUT2D eigenvalue weighted by molar-refractivity contribution is 0.149. The summed E-state index contributed by atoms with van der Waals surface area (Å²) < 4.78 is 6.71. The van der Waals surface area contributed by atoms with E-state index >= 15 is 0 Å². The van der Waals surface area contributed by atoms with E-state index in [0.717, 1.165) is 24.0 Å². The quantitative estimate of drug-likeness (QED) is 0.432. The highest BCUT2D eigenvalue weighted by Crippen LogP contribution is 2.41. The zero-order valence-corrected chi connectivity index (χ0v) is 19.4. The fourth-order valence-corrected chi connectivity index (χ4v) is 5.33. The molecule has 1 nitrogen and oxygen atoms in total. The van der Waals surface area contributed by atoms with Crippen molar-refractivity contribution in [1.82, 2.24) is 0 Å². The van der Waals surface area contributed by atoms with Gasteiger partial charge in [0.05, 0.1) is 0 Å². The largest absolute Gasteiger partial charge is 0.489 e. The number of hydrogen-bond acceptors (Lipinski definition) is 1. The molecule has 0 N–H and O–H groups in total. The molecule has 3 atom stereocenters. The normalized spacial score (nSPS) is 21.1. The van der Waals surface area contributed by atoms with Crippen LogP contribution in [-0.2, 0) is 12.8 Å². The van der Waals surface area contributed by atoms with Crippen LogP contribution in [0.15, 0.2) is 42.0 Å². The number of allylic oxidation sites excluding steroid dienone is 1. The van der Waals surface area contributed by atoms with Crippen LogP contribution in [0.2, 0.25) is 0 Å². The average molecular weight is 393 g/mol. The molecule has 4 rings (SSSR count). The summed E-state index contributed by atoms with van der Waals surface area (Å²) in [5.41, 5.74) is 4.63. The van der Waals surface area contributed by atoms with Crippen molar-refractivity contribution in [1.29, 1.82) is 0 Å². The first-order valence-electron chi connectivity index (χ1n) is 12.0. The molecule has 1 heteroatoms. The van der Waals surface area contributed by atoms with Crippen molar-refractivity contribution in [2.45, 2.75) is 86.2 Å². The lowest BCUT2D eigenvalue weighted by Gasteiger charge is -2.27. The second-order valence-electron chi connectivity index (χ2n) is 8.86. The molecule has 0 spiro atoms. The maximum Gasteiger partial charge on any atom is 0.127 e. The molecule has 3 unspecified atom stereocenters. The molecule has 2 aromatic carbocycles. The van der Waals surface area contributed by atoms with Gasteiger partial charge in [-0.1, -0.05) is 83.9 Å². The molecular formula is C28H40O. The number of aryl methyl sites for hydroxylation is 2. The third-order valence-electron chi connectivity index (χ3n) is 6.99. The predicted octanol–water partition coefficient (Wildman–Crippen LogP) is 8.14. The zero-order chi connectivity index (χ0) is 21.0. The number of rotatable bonds is 7. The monoisotopic (exact) mass is 392 g/mol. The highest BCUT2D eigenvalue weighted by molar-refractivity contribution is 5.95. The molecule has 0 heterocycles. The van der Waals surface area contributed by atoms with Crippen molar-refractivity contribution in [3.05, 3.63) is 53.1 Å². The van der Waals surface area contributed by atoms with Crippen molar-refractivity contribution < 1.29 is 4.74 Å². The minimum Gasteiger partial charge on any atom is -0.489 e. The van der Waals surface area contributed by atoms with E-state index in [1.165, 1.54) is 54.0 Å². The third kappa shape index (κ3) is 4.39. The molecule has 0 radical (unpaired) electrons. The fourth-order valence-electron chi connectivity index (χ4n) is 5.33. The number of ether oxygens (including phenoxy) is 1. The van der Waals surface area contributed by atoms with Crippen molar-refractivity contribution in [2.75, 3.05) is 0 Å². The van der Waals surface area contributed by atoms with Gasteiger partial charge in [0.1, 0.15) is 11.9 Å². The average Bonchev–Trinajstić information content (AvgIpc) is 3.35. The van der Waals surface area contributed by atoms with Crippen LogP contribution in [0.4, 0.5) is 0 Å². The first kappa shape index (κ1) is 21.9. The van der Waals surface area contributed by atoms with E-state index in [-0.39, 0.29) is 6.10 Å². The Bertz CT molecular complexity index is 835. The van der Waals surface area contributed by atoms with Crippen molar-refractivity contribution >= 4 is 10.8 Å². The van der Waals surface area contributed by atoms with Gasteiger partial charge in [-0.25, -0.2) is 0 Å². The number of benzene rings is 2. The van der Waals surface area contributed by atoms with Crippen molar-refractivity contribution in [2.24, 2.45) is 17.8 Å². The molecule has 0 bridgehead atoms.